The van der Waals surface area contributed by atoms with Crippen LogP contribution in [0.3, 0.4) is 0 Å². The number of hydrogen-bond acceptors (Lipinski definition) is 6. The minimum absolute atomic E-state index is 0.172. The Balaban J connectivity index is 1.75. The summed E-state index contributed by atoms with van der Waals surface area (Å²) in [4.78, 5) is 28.3. The zero-order chi connectivity index (χ0) is 20.1. The molecule has 0 saturated carbocycles. The van der Waals surface area contributed by atoms with Gasteiger partial charge in [-0.1, -0.05) is 11.2 Å². The maximum Gasteiger partial charge on any atom is 0.258 e. The van der Waals surface area contributed by atoms with Crippen molar-refractivity contribution in [2.75, 3.05) is 10.6 Å². The minimum Gasteiger partial charge on any atom is -0.361 e. The summed E-state index contributed by atoms with van der Waals surface area (Å²) < 4.78 is 5.19. The van der Waals surface area contributed by atoms with Crippen molar-refractivity contribution in [1.82, 2.24) is 10.1 Å². The molecule has 0 spiro atoms. The fourth-order valence-corrected chi connectivity index (χ4v) is 3.75. The van der Waals surface area contributed by atoms with Gasteiger partial charge in [-0.3, -0.25) is 9.59 Å². The molecule has 2 N–H and O–H groups in total. The predicted molar refractivity (Wildman–Crippen MR) is 108 cm³/mol. The molecule has 0 bridgehead atoms. The van der Waals surface area contributed by atoms with Crippen molar-refractivity contribution in [3.8, 4) is 0 Å². The summed E-state index contributed by atoms with van der Waals surface area (Å²) in [7, 11) is 0. The fourth-order valence-electron chi connectivity index (χ4n) is 2.60. The van der Waals surface area contributed by atoms with Crippen molar-refractivity contribution in [2.45, 2.75) is 31.6 Å². The Morgan fingerprint density at radius 3 is 2.54 bits per heavy atom. The van der Waals surface area contributed by atoms with Crippen LogP contribution in [-0.4, -0.2) is 22.0 Å². The molecule has 2 amide bonds. The van der Waals surface area contributed by atoms with E-state index in [2.05, 4.69) is 20.8 Å². The first-order valence-corrected chi connectivity index (χ1v) is 9.61. The van der Waals surface area contributed by atoms with Gasteiger partial charge in [-0.15, -0.1) is 11.8 Å². The molecule has 0 unspecified atom stereocenters. The number of nitrogens with zero attached hydrogens (tertiary/aromatic N) is 2. The number of thioether (sulfide) groups is 1. The van der Waals surface area contributed by atoms with Crippen LogP contribution in [-0.2, 0) is 10.5 Å². The fraction of sp³-hybridized carbons (Fsp3) is 0.200. The largest absolute Gasteiger partial charge is 0.361 e. The zero-order valence-electron chi connectivity index (χ0n) is 15.8. The lowest BCUT2D eigenvalue weighted by atomic mass is 10.2. The molecule has 7 nitrogen and oxygen atoms in total. The number of pyridine rings is 1. The number of aryl methyl sites for hydroxylation is 2. The Kier molecular flexibility index (Phi) is 6.10. The van der Waals surface area contributed by atoms with E-state index in [4.69, 9.17) is 4.52 Å². The molecule has 1 aromatic carbocycles. The van der Waals surface area contributed by atoms with E-state index in [9.17, 15) is 9.59 Å². The van der Waals surface area contributed by atoms with E-state index < -0.39 is 0 Å². The van der Waals surface area contributed by atoms with Crippen LogP contribution in [0.5, 0.6) is 0 Å². The van der Waals surface area contributed by atoms with Crippen LogP contribution in [0.4, 0.5) is 11.4 Å². The summed E-state index contributed by atoms with van der Waals surface area (Å²) in [6, 6.07) is 10.4. The number of nitrogens with one attached hydrogen (secondary N) is 2. The number of rotatable bonds is 6. The molecule has 0 atom stereocenters. The molecule has 144 valence electrons. The number of benzene rings is 1. The smallest absolute Gasteiger partial charge is 0.258 e. The van der Waals surface area contributed by atoms with Crippen LogP contribution >= 0.6 is 11.8 Å². The Bertz CT molecular complexity index is 997. The second-order valence-electron chi connectivity index (χ2n) is 6.16. The van der Waals surface area contributed by atoms with Gasteiger partial charge in [-0.2, -0.15) is 0 Å². The lowest BCUT2D eigenvalue weighted by molar-refractivity contribution is -0.114. The number of amides is 2. The van der Waals surface area contributed by atoms with E-state index in [0.29, 0.717) is 27.7 Å². The molecule has 0 saturated heterocycles. The van der Waals surface area contributed by atoms with Crippen LogP contribution in [0.25, 0.3) is 0 Å². The lowest BCUT2D eigenvalue weighted by Gasteiger charge is -2.10. The second kappa shape index (κ2) is 8.71. The minimum atomic E-state index is -0.269. The standard InChI is InChI=1S/C20H20N4O3S/c1-12-18(13(2)27-24-12)11-28-20-17(8-5-9-21-20)19(26)23-16-7-4-6-15(10-16)22-14(3)25/h4-10H,11H2,1-3H3,(H,22,25)(H,23,26). The number of aromatic nitrogens is 2. The van der Waals surface area contributed by atoms with Crippen LogP contribution in [0, 0.1) is 13.8 Å². The van der Waals surface area contributed by atoms with Crippen LogP contribution in [0.1, 0.15) is 34.3 Å². The van der Waals surface area contributed by atoms with E-state index in [1.807, 2.05) is 13.8 Å². The summed E-state index contributed by atoms with van der Waals surface area (Å²) in [5.41, 5.74) is 3.52. The maximum atomic E-state index is 12.8. The van der Waals surface area contributed by atoms with Gasteiger partial charge in [0.15, 0.2) is 0 Å². The highest BCUT2D eigenvalue weighted by Crippen LogP contribution is 2.27. The quantitative estimate of drug-likeness (QED) is 0.607. The van der Waals surface area contributed by atoms with Crippen LogP contribution in [0.15, 0.2) is 52.1 Å². The third-order valence-corrected chi connectivity index (χ3v) is 5.02. The first-order valence-electron chi connectivity index (χ1n) is 8.62. The Morgan fingerprint density at radius 2 is 1.86 bits per heavy atom. The highest BCUT2D eigenvalue weighted by molar-refractivity contribution is 7.98. The first-order chi connectivity index (χ1) is 13.4. The molecule has 0 radical (unpaired) electrons. The van der Waals surface area contributed by atoms with Gasteiger partial charge in [0, 0.05) is 35.8 Å². The highest BCUT2D eigenvalue weighted by Gasteiger charge is 2.16. The molecule has 0 aliphatic heterocycles. The van der Waals surface area contributed by atoms with Gasteiger partial charge in [0.25, 0.3) is 5.91 Å². The Hall–Kier alpha value is -3.13. The molecular formula is C20H20N4O3S. The number of carbonyl (C=O) groups excluding carboxylic acids is 2. The Morgan fingerprint density at radius 1 is 1.11 bits per heavy atom. The van der Waals surface area contributed by atoms with Gasteiger partial charge in [-0.05, 0) is 44.2 Å². The van der Waals surface area contributed by atoms with Crippen LogP contribution in [0.2, 0.25) is 0 Å². The summed E-state index contributed by atoms with van der Waals surface area (Å²) in [6.45, 7) is 5.19. The predicted octanol–water partition coefficient (Wildman–Crippen LogP) is 4.19. The normalized spacial score (nSPS) is 10.5. The van der Waals surface area contributed by atoms with E-state index >= 15 is 0 Å². The average molecular weight is 396 g/mol. The second-order valence-corrected chi connectivity index (χ2v) is 7.13. The molecule has 2 aromatic heterocycles. The van der Waals surface area contributed by atoms with E-state index in [-0.39, 0.29) is 11.8 Å². The van der Waals surface area contributed by atoms with E-state index in [1.54, 1.807) is 42.6 Å². The van der Waals surface area contributed by atoms with Crippen molar-refractivity contribution >= 4 is 35.0 Å². The van der Waals surface area contributed by atoms with Crippen molar-refractivity contribution in [3.63, 3.8) is 0 Å². The molecular weight excluding hydrogens is 376 g/mol. The molecule has 0 aliphatic rings. The van der Waals surface area contributed by atoms with Gasteiger partial charge < -0.3 is 15.2 Å². The molecule has 8 heteroatoms. The van der Waals surface area contributed by atoms with Gasteiger partial charge in [0.05, 0.1) is 11.3 Å². The van der Waals surface area contributed by atoms with Crippen molar-refractivity contribution in [1.29, 1.82) is 0 Å². The third-order valence-electron chi connectivity index (χ3n) is 3.99. The monoisotopic (exact) mass is 396 g/mol. The van der Waals surface area contributed by atoms with Gasteiger partial charge in [0.2, 0.25) is 5.91 Å². The molecule has 0 fully saturated rings. The molecule has 3 rings (SSSR count). The highest BCUT2D eigenvalue weighted by atomic mass is 32.2. The van der Waals surface area contributed by atoms with Gasteiger partial charge in [-0.25, -0.2) is 4.98 Å². The van der Waals surface area contributed by atoms with E-state index in [1.165, 1.54) is 18.7 Å². The summed E-state index contributed by atoms with van der Waals surface area (Å²) in [5.74, 6) is 0.932. The summed E-state index contributed by atoms with van der Waals surface area (Å²) >= 11 is 1.45. The number of anilines is 2. The topological polar surface area (TPSA) is 97.1 Å². The summed E-state index contributed by atoms with van der Waals surface area (Å²) in [6.07, 6.45) is 1.66. The lowest BCUT2D eigenvalue weighted by Crippen LogP contribution is -2.14. The van der Waals surface area contributed by atoms with Crippen LogP contribution < -0.4 is 10.6 Å². The SMILES string of the molecule is CC(=O)Nc1cccc(NC(=O)c2cccnc2SCc2c(C)noc2C)c1. The Labute approximate surface area is 166 Å². The molecule has 0 aliphatic carbocycles. The summed E-state index contributed by atoms with van der Waals surface area (Å²) in [5, 5.41) is 10.1. The zero-order valence-corrected chi connectivity index (χ0v) is 16.6. The maximum absolute atomic E-state index is 12.8. The van der Waals surface area contributed by atoms with Crippen molar-refractivity contribution in [2.24, 2.45) is 0 Å². The number of hydrogen-bond donors (Lipinski definition) is 2. The van der Waals surface area contributed by atoms with Gasteiger partial charge in [0.1, 0.15) is 10.8 Å². The number of carbonyl (C=O) groups is 2. The first kappa shape index (κ1) is 19.6. The van der Waals surface area contributed by atoms with E-state index in [0.717, 1.165) is 17.0 Å². The van der Waals surface area contributed by atoms with Gasteiger partial charge >= 0.3 is 0 Å². The molecule has 2 heterocycles. The third kappa shape index (κ3) is 4.77. The average Bonchev–Trinajstić information content (AvgIpc) is 2.98. The van der Waals surface area contributed by atoms with Crippen molar-refractivity contribution in [3.05, 3.63) is 65.2 Å². The van der Waals surface area contributed by atoms with Crippen molar-refractivity contribution < 1.29 is 14.1 Å². The molecule has 3 aromatic rings. The molecule has 28 heavy (non-hydrogen) atoms.